The van der Waals surface area contributed by atoms with E-state index in [4.69, 9.17) is 4.42 Å². The van der Waals surface area contributed by atoms with Crippen molar-refractivity contribution in [1.82, 2.24) is 5.32 Å². The van der Waals surface area contributed by atoms with E-state index in [1.807, 2.05) is 43.3 Å². The number of carbonyl (C=O) groups is 1. The van der Waals surface area contributed by atoms with Crippen molar-refractivity contribution in [2.75, 3.05) is 6.54 Å². The lowest BCUT2D eigenvalue weighted by Crippen LogP contribution is -2.24. The zero-order valence-electron chi connectivity index (χ0n) is 9.77. The number of benzene rings is 1. The van der Waals surface area contributed by atoms with E-state index in [1.165, 1.54) is 0 Å². The lowest BCUT2D eigenvalue weighted by molar-refractivity contribution is -0.120. The molecule has 0 aliphatic carbocycles. The molecule has 17 heavy (non-hydrogen) atoms. The molecule has 1 aromatic heterocycles. The van der Waals surface area contributed by atoms with Crippen molar-refractivity contribution < 1.29 is 9.21 Å². The van der Waals surface area contributed by atoms with Crippen LogP contribution in [0.4, 0.5) is 0 Å². The highest BCUT2D eigenvalue weighted by Crippen LogP contribution is 2.20. The highest BCUT2D eigenvalue weighted by molar-refractivity contribution is 5.79. The van der Waals surface area contributed by atoms with Crippen LogP contribution >= 0.6 is 0 Å². The summed E-state index contributed by atoms with van der Waals surface area (Å²) in [5.74, 6) is 0.867. The Kier molecular flexibility index (Phi) is 3.60. The van der Waals surface area contributed by atoms with Crippen molar-refractivity contribution in [2.24, 2.45) is 0 Å². The molecule has 0 radical (unpaired) electrons. The third-order valence-electron chi connectivity index (χ3n) is 2.47. The van der Waals surface area contributed by atoms with Crippen LogP contribution in [0.25, 0.3) is 11.3 Å². The Morgan fingerprint density at radius 2 is 2.18 bits per heavy atom. The fraction of sp³-hybridized carbons (Fsp3) is 0.214. The lowest BCUT2D eigenvalue weighted by atomic mass is 10.1. The average molecular weight is 229 g/mol. The van der Waals surface area contributed by atoms with Crippen molar-refractivity contribution in [2.45, 2.75) is 13.3 Å². The van der Waals surface area contributed by atoms with Crippen LogP contribution < -0.4 is 5.32 Å². The summed E-state index contributed by atoms with van der Waals surface area (Å²) in [4.78, 5) is 11.5. The second-order valence-corrected chi connectivity index (χ2v) is 3.81. The number of furan rings is 1. The van der Waals surface area contributed by atoms with Gasteiger partial charge in [0.2, 0.25) is 5.91 Å². The summed E-state index contributed by atoms with van der Waals surface area (Å²) in [7, 11) is 0. The first-order valence-corrected chi connectivity index (χ1v) is 5.69. The van der Waals surface area contributed by atoms with Gasteiger partial charge in [-0.05, 0) is 30.7 Å². The molecular formula is C14H15NO2. The van der Waals surface area contributed by atoms with Gasteiger partial charge in [0.1, 0.15) is 5.76 Å². The highest BCUT2D eigenvalue weighted by Gasteiger charge is 2.05. The standard InChI is InChI=1S/C14H15NO2/c1-2-15-14(16)10-11-5-3-6-12(9-11)13-7-4-8-17-13/h3-9H,2,10H2,1H3,(H,15,16). The molecule has 0 aliphatic heterocycles. The molecule has 2 rings (SSSR count). The molecule has 3 heteroatoms. The van der Waals surface area contributed by atoms with Crippen molar-refractivity contribution in [1.29, 1.82) is 0 Å². The number of likely N-dealkylation sites (N-methyl/N-ethyl adjacent to an activating group) is 1. The maximum Gasteiger partial charge on any atom is 0.224 e. The monoisotopic (exact) mass is 229 g/mol. The summed E-state index contributed by atoms with van der Waals surface area (Å²) in [5, 5.41) is 2.79. The Morgan fingerprint density at radius 3 is 2.88 bits per heavy atom. The number of rotatable bonds is 4. The second-order valence-electron chi connectivity index (χ2n) is 3.81. The minimum atomic E-state index is 0.0455. The van der Waals surface area contributed by atoms with Crippen LogP contribution in [0.1, 0.15) is 12.5 Å². The van der Waals surface area contributed by atoms with Gasteiger partial charge in [-0.15, -0.1) is 0 Å². The average Bonchev–Trinajstić information content (AvgIpc) is 2.83. The SMILES string of the molecule is CCNC(=O)Cc1cccc(-c2ccco2)c1. The zero-order valence-corrected chi connectivity index (χ0v) is 9.77. The number of hydrogen-bond acceptors (Lipinski definition) is 2. The first-order valence-electron chi connectivity index (χ1n) is 5.69. The van der Waals surface area contributed by atoms with Crippen molar-refractivity contribution in [3.63, 3.8) is 0 Å². The lowest BCUT2D eigenvalue weighted by Gasteiger charge is -2.04. The minimum Gasteiger partial charge on any atom is -0.464 e. The van der Waals surface area contributed by atoms with E-state index in [9.17, 15) is 4.79 Å². The van der Waals surface area contributed by atoms with Gasteiger partial charge in [-0.25, -0.2) is 0 Å². The topological polar surface area (TPSA) is 42.2 Å². The van der Waals surface area contributed by atoms with Gasteiger partial charge in [0.25, 0.3) is 0 Å². The highest BCUT2D eigenvalue weighted by atomic mass is 16.3. The molecule has 1 aromatic carbocycles. The van der Waals surface area contributed by atoms with Crippen molar-refractivity contribution >= 4 is 5.91 Å². The Hall–Kier alpha value is -2.03. The molecule has 0 fully saturated rings. The number of hydrogen-bond donors (Lipinski definition) is 1. The smallest absolute Gasteiger partial charge is 0.224 e. The van der Waals surface area contributed by atoms with Gasteiger partial charge in [0.05, 0.1) is 12.7 Å². The van der Waals surface area contributed by atoms with E-state index < -0.39 is 0 Å². The Morgan fingerprint density at radius 1 is 1.29 bits per heavy atom. The van der Waals surface area contributed by atoms with Gasteiger partial charge in [0, 0.05) is 12.1 Å². The van der Waals surface area contributed by atoms with Crippen LogP contribution in [0.3, 0.4) is 0 Å². The van der Waals surface area contributed by atoms with Gasteiger partial charge in [-0.3, -0.25) is 4.79 Å². The molecule has 0 saturated carbocycles. The maximum atomic E-state index is 11.5. The zero-order chi connectivity index (χ0) is 12.1. The number of nitrogens with one attached hydrogen (secondary N) is 1. The van der Waals surface area contributed by atoms with E-state index in [-0.39, 0.29) is 5.91 Å². The Balaban J connectivity index is 2.15. The molecule has 88 valence electrons. The van der Waals surface area contributed by atoms with Gasteiger partial charge < -0.3 is 9.73 Å². The first-order chi connectivity index (χ1) is 8.29. The van der Waals surface area contributed by atoms with E-state index >= 15 is 0 Å². The summed E-state index contributed by atoms with van der Waals surface area (Å²) in [5.41, 5.74) is 1.99. The normalized spacial score (nSPS) is 10.2. The molecule has 0 saturated heterocycles. The summed E-state index contributed by atoms with van der Waals surface area (Å²) < 4.78 is 5.33. The van der Waals surface area contributed by atoms with E-state index in [0.29, 0.717) is 13.0 Å². The predicted molar refractivity (Wildman–Crippen MR) is 66.5 cm³/mol. The van der Waals surface area contributed by atoms with Gasteiger partial charge in [-0.2, -0.15) is 0 Å². The van der Waals surface area contributed by atoms with Gasteiger partial charge in [-0.1, -0.05) is 18.2 Å². The fourth-order valence-electron chi connectivity index (χ4n) is 1.72. The molecule has 0 spiro atoms. The predicted octanol–water partition coefficient (Wildman–Crippen LogP) is 2.63. The van der Waals surface area contributed by atoms with Crippen molar-refractivity contribution in [3.05, 3.63) is 48.2 Å². The summed E-state index contributed by atoms with van der Waals surface area (Å²) in [6.07, 6.45) is 2.05. The molecule has 1 N–H and O–H groups in total. The Labute approximate surface area is 100 Å². The molecule has 0 aliphatic rings. The van der Waals surface area contributed by atoms with Gasteiger partial charge in [0.15, 0.2) is 0 Å². The van der Waals surface area contributed by atoms with Crippen molar-refractivity contribution in [3.8, 4) is 11.3 Å². The molecule has 0 unspecified atom stereocenters. The van der Waals surface area contributed by atoms with E-state index in [0.717, 1.165) is 16.9 Å². The minimum absolute atomic E-state index is 0.0455. The third kappa shape index (κ3) is 2.97. The first kappa shape index (κ1) is 11.5. The number of carbonyl (C=O) groups excluding carboxylic acids is 1. The summed E-state index contributed by atoms with van der Waals surface area (Å²) in [6.45, 7) is 2.58. The van der Waals surface area contributed by atoms with E-state index in [2.05, 4.69) is 5.32 Å². The quantitative estimate of drug-likeness (QED) is 0.875. The molecule has 3 nitrogen and oxygen atoms in total. The molecule has 0 bridgehead atoms. The third-order valence-corrected chi connectivity index (χ3v) is 2.47. The van der Waals surface area contributed by atoms with Crippen LogP contribution in [0.5, 0.6) is 0 Å². The maximum absolute atomic E-state index is 11.5. The largest absolute Gasteiger partial charge is 0.464 e. The van der Waals surface area contributed by atoms with E-state index in [1.54, 1.807) is 6.26 Å². The van der Waals surface area contributed by atoms with Crippen LogP contribution in [0, 0.1) is 0 Å². The summed E-state index contributed by atoms with van der Waals surface area (Å²) >= 11 is 0. The van der Waals surface area contributed by atoms with Crippen LogP contribution in [0.15, 0.2) is 47.1 Å². The molecule has 1 heterocycles. The van der Waals surface area contributed by atoms with Gasteiger partial charge >= 0.3 is 0 Å². The molecule has 2 aromatic rings. The molecular weight excluding hydrogens is 214 g/mol. The second kappa shape index (κ2) is 5.34. The fourth-order valence-corrected chi connectivity index (χ4v) is 1.72. The van der Waals surface area contributed by atoms with Crippen LogP contribution in [-0.4, -0.2) is 12.5 Å². The summed E-state index contributed by atoms with van der Waals surface area (Å²) in [6, 6.07) is 11.6. The van der Waals surface area contributed by atoms with Crippen LogP contribution in [0.2, 0.25) is 0 Å². The number of amides is 1. The molecule has 0 atom stereocenters. The molecule has 1 amide bonds. The Bertz CT molecular complexity index is 489. The van der Waals surface area contributed by atoms with Crippen LogP contribution in [-0.2, 0) is 11.2 Å².